The summed E-state index contributed by atoms with van der Waals surface area (Å²) >= 11 is 0. The SMILES string of the molecule is CC1CC(N)CC1c1cnc2n1C1C=CNC1N=C2. The molecule has 4 rings (SSSR count). The van der Waals surface area contributed by atoms with Gasteiger partial charge in [0.15, 0.2) is 5.82 Å². The maximum Gasteiger partial charge on any atom is 0.151 e. The molecule has 1 aromatic heterocycles. The molecule has 1 fully saturated rings. The van der Waals surface area contributed by atoms with E-state index in [1.807, 2.05) is 18.6 Å². The molecule has 1 saturated carbocycles. The highest BCUT2D eigenvalue weighted by molar-refractivity contribution is 5.76. The molecule has 3 aliphatic rings. The van der Waals surface area contributed by atoms with Gasteiger partial charge in [0, 0.05) is 23.9 Å². The van der Waals surface area contributed by atoms with Crippen molar-refractivity contribution in [3.63, 3.8) is 0 Å². The number of nitrogens with zero attached hydrogens (tertiary/aromatic N) is 3. The summed E-state index contributed by atoms with van der Waals surface area (Å²) in [7, 11) is 0. The molecule has 5 nitrogen and oxygen atoms in total. The molecule has 5 heteroatoms. The minimum absolute atomic E-state index is 0.130. The van der Waals surface area contributed by atoms with Crippen molar-refractivity contribution >= 4 is 6.21 Å². The molecule has 0 amide bonds. The van der Waals surface area contributed by atoms with Gasteiger partial charge in [0.05, 0.1) is 12.3 Å². The van der Waals surface area contributed by atoms with E-state index in [2.05, 4.69) is 32.9 Å². The minimum Gasteiger partial charge on any atom is -0.368 e. The third kappa shape index (κ3) is 1.57. The van der Waals surface area contributed by atoms with Gasteiger partial charge in [0.1, 0.15) is 6.17 Å². The summed E-state index contributed by atoms with van der Waals surface area (Å²) in [4.78, 5) is 9.03. The van der Waals surface area contributed by atoms with Crippen molar-refractivity contribution in [3.8, 4) is 0 Å². The monoisotopic (exact) mass is 257 g/mol. The molecule has 0 bridgehead atoms. The van der Waals surface area contributed by atoms with Crippen LogP contribution in [-0.2, 0) is 0 Å². The highest BCUT2D eigenvalue weighted by Gasteiger charge is 2.37. The van der Waals surface area contributed by atoms with Gasteiger partial charge < -0.3 is 15.6 Å². The molecule has 0 spiro atoms. The van der Waals surface area contributed by atoms with Crippen LogP contribution in [0.3, 0.4) is 0 Å². The van der Waals surface area contributed by atoms with Crippen LogP contribution in [0.25, 0.3) is 0 Å². The number of nitrogens with one attached hydrogen (secondary N) is 1. The molecule has 19 heavy (non-hydrogen) atoms. The molecule has 5 atom stereocenters. The van der Waals surface area contributed by atoms with Crippen LogP contribution < -0.4 is 11.1 Å². The summed E-state index contributed by atoms with van der Waals surface area (Å²) in [6, 6.07) is 0.595. The Hall–Kier alpha value is -1.62. The zero-order valence-corrected chi connectivity index (χ0v) is 11.0. The number of fused-ring (bicyclic) bond motifs is 3. The first-order valence-electron chi connectivity index (χ1n) is 7.02. The normalized spacial score (nSPS) is 39.2. The lowest BCUT2D eigenvalue weighted by atomic mass is 9.94. The highest BCUT2D eigenvalue weighted by atomic mass is 15.2. The summed E-state index contributed by atoms with van der Waals surface area (Å²) in [5.74, 6) is 2.13. The molecular weight excluding hydrogens is 238 g/mol. The third-order valence-corrected chi connectivity index (χ3v) is 4.68. The summed E-state index contributed by atoms with van der Waals surface area (Å²) in [6.07, 6.45) is 10.4. The van der Waals surface area contributed by atoms with E-state index in [1.165, 1.54) is 5.69 Å². The number of imidazole rings is 1. The van der Waals surface area contributed by atoms with E-state index in [1.54, 1.807) is 0 Å². The number of aliphatic imine (C=N–C) groups is 1. The van der Waals surface area contributed by atoms with Crippen molar-refractivity contribution in [2.24, 2.45) is 16.6 Å². The van der Waals surface area contributed by atoms with E-state index >= 15 is 0 Å². The molecule has 1 aromatic rings. The molecule has 2 aliphatic heterocycles. The average Bonchev–Trinajstić information content (AvgIpc) is 3.05. The Morgan fingerprint density at radius 2 is 2.32 bits per heavy atom. The largest absolute Gasteiger partial charge is 0.368 e. The second-order valence-corrected chi connectivity index (χ2v) is 5.97. The molecule has 5 unspecified atom stereocenters. The molecule has 1 aliphatic carbocycles. The second kappa shape index (κ2) is 3.93. The average molecular weight is 257 g/mol. The van der Waals surface area contributed by atoms with Gasteiger partial charge >= 0.3 is 0 Å². The van der Waals surface area contributed by atoms with E-state index in [4.69, 9.17) is 5.73 Å². The smallest absolute Gasteiger partial charge is 0.151 e. The van der Waals surface area contributed by atoms with Crippen molar-refractivity contribution in [1.82, 2.24) is 14.9 Å². The molecule has 0 radical (unpaired) electrons. The lowest BCUT2D eigenvalue weighted by Gasteiger charge is -2.27. The fourth-order valence-electron chi connectivity index (χ4n) is 3.75. The number of nitrogens with two attached hydrogens (primary N) is 1. The third-order valence-electron chi connectivity index (χ3n) is 4.68. The Morgan fingerprint density at radius 1 is 1.42 bits per heavy atom. The summed E-state index contributed by atoms with van der Waals surface area (Å²) in [5.41, 5.74) is 7.45. The number of hydrogen-bond acceptors (Lipinski definition) is 4. The van der Waals surface area contributed by atoms with Gasteiger partial charge in [-0.15, -0.1) is 0 Å². The predicted octanol–water partition coefficient (Wildman–Crippen LogP) is 1.14. The first-order chi connectivity index (χ1) is 9.24. The van der Waals surface area contributed by atoms with Crippen molar-refractivity contribution in [2.45, 2.75) is 43.9 Å². The van der Waals surface area contributed by atoms with E-state index in [-0.39, 0.29) is 12.2 Å². The van der Waals surface area contributed by atoms with Crippen molar-refractivity contribution in [3.05, 3.63) is 30.0 Å². The van der Waals surface area contributed by atoms with E-state index in [0.717, 1.165) is 18.7 Å². The van der Waals surface area contributed by atoms with Gasteiger partial charge in [0.25, 0.3) is 0 Å². The Morgan fingerprint density at radius 3 is 3.11 bits per heavy atom. The van der Waals surface area contributed by atoms with Gasteiger partial charge in [-0.2, -0.15) is 0 Å². The molecule has 0 aromatic carbocycles. The first-order valence-corrected chi connectivity index (χ1v) is 7.02. The fraction of sp³-hybridized carbons (Fsp3) is 0.571. The molecule has 0 saturated heterocycles. The molecule has 100 valence electrons. The van der Waals surface area contributed by atoms with Gasteiger partial charge in [-0.25, -0.2) is 4.98 Å². The molecular formula is C14H19N5. The van der Waals surface area contributed by atoms with Gasteiger partial charge in [-0.05, 0) is 31.0 Å². The van der Waals surface area contributed by atoms with E-state index in [9.17, 15) is 0 Å². The van der Waals surface area contributed by atoms with Crippen LogP contribution in [0.1, 0.15) is 43.2 Å². The Bertz CT molecular complexity index is 558. The lowest BCUT2D eigenvalue weighted by molar-refractivity contribution is 0.427. The Kier molecular flexibility index (Phi) is 2.33. The number of hydrogen-bond donors (Lipinski definition) is 2. The van der Waals surface area contributed by atoms with Gasteiger partial charge in [0.2, 0.25) is 0 Å². The fourth-order valence-corrected chi connectivity index (χ4v) is 3.75. The standard InChI is InChI=1S/C14H19N5/c1-8-4-9(15)5-10(8)12-6-17-13-7-18-14-11(19(12)13)2-3-16-14/h2-3,6-11,14,16H,4-5,15H2,1H3. The maximum atomic E-state index is 6.12. The van der Waals surface area contributed by atoms with Crippen LogP contribution >= 0.6 is 0 Å². The molecule has 3 N–H and O–H groups in total. The van der Waals surface area contributed by atoms with Crippen LogP contribution in [-0.4, -0.2) is 28.0 Å². The topological polar surface area (TPSA) is 68.2 Å². The summed E-state index contributed by atoms with van der Waals surface area (Å²) in [5, 5.41) is 3.28. The quantitative estimate of drug-likeness (QED) is 0.792. The zero-order valence-electron chi connectivity index (χ0n) is 11.0. The second-order valence-electron chi connectivity index (χ2n) is 5.97. The Balaban J connectivity index is 1.77. The van der Waals surface area contributed by atoms with Crippen LogP contribution in [0, 0.1) is 5.92 Å². The Labute approximate surface area is 112 Å². The summed E-state index contributed by atoms with van der Waals surface area (Å²) in [6.45, 7) is 2.30. The van der Waals surface area contributed by atoms with Crippen LogP contribution in [0.5, 0.6) is 0 Å². The highest BCUT2D eigenvalue weighted by Crippen LogP contribution is 2.41. The van der Waals surface area contributed by atoms with Gasteiger partial charge in [-0.1, -0.05) is 6.92 Å². The summed E-state index contributed by atoms with van der Waals surface area (Å²) < 4.78 is 2.34. The lowest BCUT2D eigenvalue weighted by Crippen LogP contribution is -2.32. The molecule has 3 heterocycles. The van der Waals surface area contributed by atoms with Gasteiger partial charge in [-0.3, -0.25) is 4.99 Å². The van der Waals surface area contributed by atoms with Crippen molar-refractivity contribution in [1.29, 1.82) is 0 Å². The first kappa shape index (κ1) is 11.2. The van der Waals surface area contributed by atoms with E-state index < -0.39 is 0 Å². The van der Waals surface area contributed by atoms with Crippen LogP contribution in [0.4, 0.5) is 0 Å². The van der Waals surface area contributed by atoms with Crippen molar-refractivity contribution < 1.29 is 0 Å². The zero-order chi connectivity index (χ0) is 13.0. The predicted molar refractivity (Wildman–Crippen MR) is 74.0 cm³/mol. The van der Waals surface area contributed by atoms with E-state index in [0.29, 0.717) is 17.9 Å². The van der Waals surface area contributed by atoms with Crippen LogP contribution in [0.2, 0.25) is 0 Å². The number of aromatic nitrogens is 2. The van der Waals surface area contributed by atoms with Crippen LogP contribution in [0.15, 0.2) is 23.5 Å². The maximum absolute atomic E-state index is 6.12. The minimum atomic E-state index is 0.130. The van der Waals surface area contributed by atoms with Crippen molar-refractivity contribution in [2.75, 3.05) is 0 Å². The number of rotatable bonds is 1.